The number of piperidine rings is 1. The first kappa shape index (κ1) is 18.3. The van der Waals surface area contributed by atoms with Crippen LogP contribution in [0, 0.1) is 11.7 Å². The van der Waals surface area contributed by atoms with Gasteiger partial charge in [-0.2, -0.15) is 10.1 Å². The van der Waals surface area contributed by atoms with Gasteiger partial charge in [-0.05, 0) is 48.4 Å². The molecule has 1 saturated heterocycles. The maximum atomic E-state index is 13.0. The third-order valence-electron chi connectivity index (χ3n) is 5.22. The minimum absolute atomic E-state index is 0.237. The van der Waals surface area contributed by atoms with Gasteiger partial charge in [0.1, 0.15) is 5.82 Å². The second-order valence-electron chi connectivity index (χ2n) is 7.24. The lowest BCUT2D eigenvalue weighted by Crippen LogP contribution is -2.35. The zero-order valence-electron chi connectivity index (χ0n) is 15.8. The molecule has 0 radical (unpaired) electrons. The topological polar surface area (TPSA) is 53.9 Å². The minimum Gasteiger partial charge on any atom is -0.355 e. The molecule has 0 spiro atoms. The van der Waals surface area contributed by atoms with Gasteiger partial charge >= 0.3 is 0 Å². The number of nitrogens with one attached hydrogen (secondary N) is 1. The summed E-state index contributed by atoms with van der Waals surface area (Å²) < 4.78 is 13.0. The SMILES string of the molecule is Fc1ccc(CNc2nncc(N3CCC(Cc4ccccc4)CC3)n2)cc1. The van der Waals surface area contributed by atoms with Gasteiger partial charge in [0, 0.05) is 19.6 Å². The van der Waals surface area contributed by atoms with Crippen molar-refractivity contribution in [2.24, 2.45) is 5.92 Å². The molecular formula is C22H24FN5. The molecule has 144 valence electrons. The van der Waals surface area contributed by atoms with E-state index in [1.165, 1.54) is 17.7 Å². The maximum Gasteiger partial charge on any atom is 0.244 e. The van der Waals surface area contributed by atoms with Gasteiger partial charge in [0.15, 0.2) is 5.82 Å². The molecule has 2 aromatic carbocycles. The van der Waals surface area contributed by atoms with E-state index < -0.39 is 0 Å². The highest BCUT2D eigenvalue weighted by atomic mass is 19.1. The first-order chi connectivity index (χ1) is 13.8. The second kappa shape index (κ2) is 8.78. The Balaban J connectivity index is 1.31. The van der Waals surface area contributed by atoms with Gasteiger partial charge in [-0.25, -0.2) is 4.39 Å². The van der Waals surface area contributed by atoms with Crippen LogP contribution >= 0.6 is 0 Å². The first-order valence-electron chi connectivity index (χ1n) is 9.73. The smallest absolute Gasteiger partial charge is 0.244 e. The van der Waals surface area contributed by atoms with Crippen LogP contribution in [0.25, 0.3) is 0 Å². The Bertz CT molecular complexity index is 877. The predicted molar refractivity (Wildman–Crippen MR) is 109 cm³/mol. The summed E-state index contributed by atoms with van der Waals surface area (Å²) in [7, 11) is 0. The molecule has 0 bridgehead atoms. The summed E-state index contributed by atoms with van der Waals surface area (Å²) in [4.78, 5) is 6.88. The normalized spacial score (nSPS) is 14.8. The van der Waals surface area contributed by atoms with Crippen molar-refractivity contribution in [2.75, 3.05) is 23.3 Å². The Morgan fingerprint density at radius 1 is 0.964 bits per heavy atom. The van der Waals surface area contributed by atoms with Crippen molar-refractivity contribution in [3.63, 3.8) is 0 Å². The molecule has 5 nitrogen and oxygen atoms in total. The Morgan fingerprint density at radius 2 is 1.71 bits per heavy atom. The molecule has 0 saturated carbocycles. The fourth-order valence-corrected chi connectivity index (χ4v) is 3.62. The molecule has 4 rings (SSSR count). The highest BCUT2D eigenvalue weighted by Gasteiger charge is 2.21. The van der Waals surface area contributed by atoms with Crippen LogP contribution in [0.2, 0.25) is 0 Å². The number of hydrogen-bond acceptors (Lipinski definition) is 5. The number of benzene rings is 2. The first-order valence-corrected chi connectivity index (χ1v) is 9.73. The van der Waals surface area contributed by atoms with Gasteiger partial charge in [0.05, 0.1) is 6.20 Å². The van der Waals surface area contributed by atoms with E-state index in [-0.39, 0.29) is 5.82 Å². The lowest BCUT2D eigenvalue weighted by molar-refractivity contribution is 0.402. The second-order valence-corrected chi connectivity index (χ2v) is 7.24. The van der Waals surface area contributed by atoms with Crippen molar-refractivity contribution >= 4 is 11.8 Å². The van der Waals surface area contributed by atoms with Crippen LogP contribution in [0.15, 0.2) is 60.8 Å². The average molecular weight is 377 g/mol. The molecule has 1 aromatic heterocycles. The van der Waals surface area contributed by atoms with E-state index in [2.05, 4.69) is 55.7 Å². The van der Waals surface area contributed by atoms with E-state index in [9.17, 15) is 4.39 Å². The van der Waals surface area contributed by atoms with Crippen LogP contribution in [0.3, 0.4) is 0 Å². The molecule has 0 unspecified atom stereocenters. The zero-order chi connectivity index (χ0) is 19.2. The fraction of sp³-hybridized carbons (Fsp3) is 0.318. The summed E-state index contributed by atoms with van der Waals surface area (Å²) in [5.74, 6) is 1.83. The third kappa shape index (κ3) is 4.82. The van der Waals surface area contributed by atoms with Crippen LogP contribution in [-0.4, -0.2) is 28.3 Å². The van der Waals surface area contributed by atoms with Gasteiger partial charge in [0.25, 0.3) is 0 Å². The highest BCUT2D eigenvalue weighted by molar-refractivity contribution is 5.41. The molecule has 1 fully saturated rings. The van der Waals surface area contributed by atoms with E-state index >= 15 is 0 Å². The summed E-state index contributed by atoms with van der Waals surface area (Å²) in [5.41, 5.74) is 2.38. The van der Waals surface area contributed by atoms with E-state index in [0.29, 0.717) is 18.4 Å². The van der Waals surface area contributed by atoms with Gasteiger partial charge in [-0.1, -0.05) is 42.5 Å². The van der Waals surface area contributed by atoms with Crippen molar-refractivity contribution in [2.45, 2.75) is 25.8 Å². The molecule has 3 aromatic rings. The molecule has 6 heteroatoms. The summed E-state index contributed by atoms with van der Waals surface area (Å²) >= 11 is 0. The lowest BCUT2D eigenvalue weighted by Gasteiger charge is -2.32. The van der Waals surface area contributed by atoms with Crippen LogP contribution in [0.5, 0.6) is 0 Å². The number of hydrogen-bond donors (Lipinski definition) is 1. The van der Waals surface area contributed by atoms with Crippen molar-refractivity contribution in [1.29, 1.82) is 0 Å². The van der Waals surface area contributed by atoms with Crippen molar-refractivity contribution in [3.8, 4) is 0 Å². The molecular weight excluding hydrogens is 353 g/mol. The highest BCUT2D eigenvalue weighted by Crippen LogP contribution is 2.24. The molecule has 28 heavy (non-hydrogen) atoms. The van der Waals surface area contributed by atoms with Gasteiger partial charge in [0.2, 0.25) is 5.95 Å². The molecule has 0 aliphatic carbocycles. The Kier molecular flexibility index (Phi) is 5.75. The summed E-state index contributed by atoms with van der Waals surface area (Å²) in [6.45, 7) is 2.49. The number of rotatable bonds is 6. The summed E-state index contributed by atoms with van der Waals surface area (Å²) in [6, 6.07) is 17.1. The Labute approximate surface area is 164 Å². The van der Waals surface area contributed by atoms with Gasteiger partial charge in [-0.15, -0.1) is 5.10 Å². The third-order valence-corrected chi connectivity index (χ3v) is 5.22. The molecule has 1 N–H and O–H groups in total. The van der Waals surface area contributed by atoms with Crippen LogP contribution in [0.4, 0.5) is 16.2 Å². The van der Waals surface area contributed by atoms with Crippen molar-refractivity contribution < 1.29 is 4.39 Å². The van der Waals surface area contributed by atoms with E-state index in [1.54, 1.807) is 18.3 Å². The monoisotopic (exact) mass is 377 g/mol. The lowest BCUT2D eigenvalue weighted by atomic mass is 9.90. The van der Waals surface area contributed by atoms with Gasteiger partial charge < -0.3 is 10.2 Å². The average Bonchev–Trinajstić information content (AvgIpc) is 2.75. The maximum absolute atomic E-state index is 13.0. The van der Waals surface area contributed by atoms with Crippen molar-refractivity contribution in [3.05, 3.63) is 77.7 Å². The summed E-state index contributed by atoms with van der Waals surface area (Å²) in [5, 5.41) is 11.3. The van der Waals surface area contributed by atoms with E-state index in [1.807, 2.05) is 0 Å². The Hall–Kier alpha value is -3.02. The van der Waals surface area contributed by atoms with Crippen LogP contribution in [-0.2, 0) is 13.0 Å². The van der Waals surface area contributed by atoms with Gasteiger partial charge in [-0.3, -0.25) is 0 Å². The predicted octanol–water partition coefficient (Wildman–Crippen LogP) is 4.08. The molecule has 2 heterocycles. The van der Waals surface area contributed by atoms with Crippen LogP contribution in [0.1, 0.15) is 24.0 Å². The standard InChI is InChI=1S/C22H24FN5/c23-20-8-6-19(7-9-20)15-24-22-26-21(16-25-27-22)28-12-10-18(11-13-28)14-17-4-2-1-3-5-17/h1-9,16,18H,10-15H2,(H,24,26,27). The quantitative estimate of drug-likeness (QED) is 0.701. The van der Waals surface area contributed by atoms with E-state index in [4.69, 9.17) is 0 Å². The molecule has 0 atom stereocenters. The number of anilines is 2. The largest absolute Gasteiger partial charge is 0.355 e. The van der Waals surface area contributed by atoms with E-state index in [0.717, 1.165) is 43.7 Å². The Morgan fingerprint density at radius 3 is 2.46 bits per heavy atom. The number of halogens is 1. The zero-order valence-corrected chi connectivity index (χ0v) is 15.8. The summed E-state index contributed by atoms with van der Waals surface area (Å²) in [6.07, 6.45) is 5.16. The molecule has 0 amide bonds. The number of aromatic nitrogens is 3. The molecule has 1 aliphatic rings. The number of nitrogens with zero attached hydrogens (tertiary/aromatic N) is 4. The minimum atomic E-state index is -0.237. The van der Waals surface area contributed by atoms with Crippen LogP contribution < -0.4 is 10.2 Å². The molecule has 1 aliphatic heterocycles. The fourth-order valence-electron chi connectivity index (χ4n) is 3.62. The van der Waals surface area contributed by atoms with Crippen molar-refractivity contribution in [1.82, 2.24) is 15.2 Å².